The Kier molecular flexibility index (Phi) is 4.31. The summed E-state index contributed by atoms with van der Waals surface area (Å²) < 4.78 is 2.11. The molecule has 1 fully saturated rings. The van der Waals surface area contributed by atoms with Crippen molar-refractivity contribution in [2.75, 3.05) is 19.6 Å². The molecule has 0 amide bonds. The Bertz CT molecular complexity index is 565. The molecule has 5 nitrogen and oxygen atoms in total. The smallest absolute Gasteiger partial charge is 0.122 e. The van der Waals surface area contributed by atoms with E-state index in [1.54, 1.807) is 0 Å². The molecule has 0 aliphatic carbocycles. The van der Waals surface area contributed by atoms with Crippen LogP contribution < -0.4 is 0 Å². The van der Waals surface area contributed by atoms with Crippen LogP contribution in [0.2, 0.25) is 0 Å². The van der Waals surface area contributed by atoms with Gasteiger partial charge in [-0.1, -0.05) is 6.07 Å². The normalized spacial score (nSPS) is 20.8. The lowest BCUT2D eigenvalue weighted by atomic mass is 10.1. The topological polar surface area (TPSA) is 37.2 Å². The van der Waals surface area contributed by atoms with Gasteiger partial charge < -0.3 is 4.57 Å². The van der Waals surface area contributed by atoms with Crippen molar-refractivity contribution in [3.05, 3.63) is 48.3 Å². The first kappa shape index (κ1) is 14.2. The van der Waals surface area contributed by atoms with E-state index in [4.69, 9.17) is 0 Å². The van der Waals surface area contributed by atoms with E-state index < -0.39 is 0 Å². The van der Waals surface area contributed by atoms with E-state index in [0.717, 1.165) is 38.5 Å². The number of piperazine rings is 1. The third-order valence-corrected chi connectivity index (χ3v) is 4.24. The summed E-state index contributed by atoms with van der Waals surface area (Å²) in [4.78, 5) is 13.7. The van der Waals surface area contributed by atoms with E-state index in [9.17, 15) is 0 Å². The largest absolute Gasteiger partial charge is 0.337 e. The van der Waals surface area contributed by atoms with Crippen LogP contribution >= 0.6 is 0 Å². The monoisotopic (exact) mass is 285 g/mol. The Morgan fingerprint density at radius 3 is 2.81 bits per heavy atom. The molecule has 2 aromatic heterocycles. The van der Waals surface area contributed by atoms with Crippen LogP contribution in [0.4, 0.5) is 0 Å². The highest BCUT2D eigenvalue weighted by molar-refractivity contribution is 5.08. The minimum absolute atomic E-state index is 0.548. The van der Waals surface area contributed by atoms with E-state index in [2.05, 4.69) is 44.4 Å². The fourth-order valence-electron chi connectivity index (χ4n) is 2.93. The zero-order valence-electron chi connectivity index (χ0n) is 12.8. The Morgan fingerprint density at radius 2 is 2.14 bits per heavy atom. The van der Waals surface area contributed by atoms with Crippen molar-refractivity contribution in [2.45, 2.75) is 26.1 Å². The van der Waals surface area contributed by atoms with Crippen LogP contribution in [-0.4, -0.2) is 50.0 Å². The van der Waals surface area contributed by atoms with Crippen LogP contribution in [0.5, 0.6) is 0 Å². The van der Waals surface area contributed by atoms with Crippen molar-refractivity contribution >= 4 is 0 Å². The zero-order valence-corrected chi connectivity index (χ0v) is 12.8. The standard InChI is InChI=1S/C16H23N5/c1-14-11-20(12-15-4-3-5-17-10-15)8-9-21(14)13-16-18-6-7-19(16)2/h3-7,10,14H,8-9,11-13H2,1-2H3. The maximum atomic E-state index is 4.43. The van der Waals surface area contributed by atoms with Gasteiger partial charge in [0.2, 0.25) is 0 Å². The molecule has 0 saturated carbocycles. The Balaban J connectivity index is 1.56. The second kappa shape index (κ2) is 6.37. The summed E-state index contributed by atoms with van der Waals surface area (Å²) in [7, 11) is 2.06. The molecule has 3 heterocycles. The minimum atomic E-state index is 0.548. The second-order valence-corrected chi connectivity index (χ2v) is 5.87. The number of nitrogens with zero attached hydrogens (tertiary/aromatic N) is 5. The van der Waals surface area contributed by atoms with Gasteiger partial charge in [-0.15, -0.1) is 0 Å². The van der Waals surface area contributed by atoms with E-state index in [1.165, 1.54) is 5.56 Å². The van der Waals surface area contributed by atoms with Gasteiger partial charge in [0.1, 0.15) is 5.82 Å². The van der Waals surface area contributed by atoms with Gasteiger partial charge in [0.15, 0.2) is 0 Å². The molecule has 3 rings (SSSR count). The van der Waals surface area contributed by atoms with E-state index in [-0.39, 0.29) is 0 Å². The van der Waals surface area contributed by atoms with Crippen molar-refractivity contribution in [1.29, 1.82) is 0 Å². The van der Waals surface area contributed by atoms with Crippen LogP contribution in [0.25, 0.3) is 0 Å². The van der Waals surface area contributed by atoms with Crippen molar-refractivity contribution < 1.29 is 0 Å². The summed E-state index contributed by atoms with van der Waals surface area (Å²) in [5.74, 6) is 1.14. The predicted molar refractivity (Wildman–Crippen MR) is 82.6 cm³/mol. The van der Waals surface area contributed by atoms with Crippen LogP contribution in [-0.2, 0) is 20.1 Å². The third-order valence-electron chi connectivity index (χ3n) is 4.24. The maximum Gasteiger partial charge on any atom is 0.122 e. The number of rotatable bonds is 4. The molecule has 0 spiro atoms. The molecule has 1 saturated heterocycles. The molecule has 0 radical (unpaired) electrons. The number of aromatic nitrogens is 3. The third kappa shape index (κ3) is 3.49. The fourth-order valence-corrected chi connectivity index (χ4v) is 2.93. The Morgan fingerprint density at radius 1 is 1.24 bits per heavy atom. The van der Waals surface area contributed by atoms with Gasteiger partial charge in [-0.25, -0.2) is 4.98 Å². The summed E-state index contributed by atoms with van der Waals surface area (Å²) in [5.41, 5.74) is 1.29. The van der Waals surface area contributed by atoms with Crippen molar-refractivity contribution in [3.8, 4) is 0 Å². The van der Waals surface area contributed by atoms with Gasteiger partial charge in [-0.3, -0.25) is 14.8 Å². The molecular formula is C16H23N5. The molecule has 5 heteroatoms. The van der Waals surface area contributed by atoms with E-state index in [0.29, 0.717) is 6.04 Å². The van der Waals surface area contributed by atoms with Gasteiger partial charge in [-0.2, -0.15) is 0 Å². The van der Waals surface area contributed by atoms with Crippen LogP contribution in [0, 0.1) is 0 Å². The second-order valence-electron chi connectivity index (χ2n) is 5.87. The first-order valence-electron chi connectivity index (χ1n) is 7.54. The highest BCUT2D eigenvalue weighted by atomic mass is 15.3. The number of hydrogen-bond acceptors (Lipinski definition) is 4. The predicted octanol–water partition coefficient (Wildman–Crippen LogP) is 1.52. The molecule has 2 aromatic rings. The van der Waals surface area contributed by atoms with Crippen LogP contribution in [0.3, 0.4) is 0 Å². The van der Waals surface area contributed by atoms with E-state index in [1.807, 2.05) is 30.9 Å². The van der Waals surface area contributed by atoms with Gasteiger partial charge in [0.25, 0.3) is 0 Å². The maximum absolute atomic E-state index is 4.43. The molecule has 0 N–H and O–H groups in total. The fraction of sp³-hybridized carbons (Fsp3) is 0.500. The summed E-state index contributed by atoms with van der Waals surface area (Å²) in [5, 5.41) is 0. The molecule has 21 heavy (non-hydrogen) atoms. The van der Waals surface area contributed by atoms with Crippen molar-refractivity contribution in [2.24, 2.45) is 7.05 Å². The van der Waals surface area contributed by atoms with Crippen molar-refractivity contribution in [3.63, 3.8) is 0 Å². The quantitative estimate of drug-likeness (QED) is 0.853. The lowest BCUT2D eigenvalue weighted by Crippen LogP contribution is -2.51. The van der Waals surface area contributed by atoms with Gasteiger partial charge in [0, 0.05) is 64.1 Å². The lowest BCUT2D eigenvalue weighted by molar-refractivity contribution is 0.0707. The van der Waals surface area contributed by atoms with Crippen LogP contribution in [0.15, 0.2) is 36.9 Å². The van der Waals surface area contributed by atoms with Crippen molar-refractivity contribution in [1.82, 2.24) is 24.3 Å². The summed E-state index contributed by atoms with van der Waals surface area (Å²) in [6.07, 6.45) is 7.68. The number of pyridine rings is 1. The first-order chi connectivity index (χ1) is 10.2. The summed E-state index contributed by atoms with van der Waals surface area (Å²) in [6, 6.07) is 4.71. The van der Waals surface area contributed by atoms with Gasteiger partial charge in [-0.05, 0) is 18.6 Å². The van der Waals surface area contributed by atoms with Gasteiger partial charge in [0.05, 0.1) is 6.54 Å². The average molecular weight is 285 g/mol. The molecular weight excluding hydrogens is 262 g/mol. The average Bonchev–Trinajstić information content (AvgIpc) is 2.88. The number of aryl methyl sites for hydroxylation is 1. The Hall–Kier alpha value is -1.72. The number of hydrogen-bond donors (Lipinski definition) is 0. The molecule has 112 valence electrons. The highest BCUT2D eigenvalue weighted by Gasteiger charge is 2.24. The SMILES string of the molecule is CC1CN(Cc2cccnc2)CCN1Cc1nccn1C. The van der Waals surface area contributed by atoms with Gasteiger partial charge >= 0.3 is 0 Å². The lowest BCUT2D eigenvalue weighted by Gasteiger charge is -2.39. The molecule has 0 bridgehead atoms. The summed E-state index contributed by atoms with van der Waals surface area (Å²) >= 11 is 0. The minimum Gasteiger partial charge on any atom is -0.337 e. The summed E-state index contributed by atoms with van der Waals surface area (Å²) in [6.45, 7) is 7.52. The van der Waals surface area contributed by atoms with Crippen LogP contribution in [0.1, 0.15) is 18.3 Å². The number of imidazole rings is 1. The molecule has 0 aromatic carbocycles. The first-order valence-corrected chi connectivity index (χ1v) is 7.54. The zero-order chi connectivity index (χ0) is 14.7. The molecule has 1 atom stereocenters. The molecule has 1 aliphatic heterocycles. The molecule has 1 aliphatic rings. The van der Waals surface area contributed by atoms with E-state index >= 15 is 0 Å². The molecule has 1 unspecified atom stereocenters. The highest BCUT2D eigenvalue weighted by Crippen LogP contribution is 2.15. The Labute approximate surface area is 126 Å².